The van der Waals surface area contributed by atoms with Crippen LogP contribution in [-0.2, 0) is 4.79 Å². The second-order valence-corrected chi connectivity index (χ2v) is 4.49. The summed E-state index contributed by atoms with van der Waals surface area (Å²) in [6, 6.07) is 5.01. The lowest BCUT2D eigenvalue weighted by molar-refractivity contribution is -0.137. The van der Waals surface area contributed by atoms with Crippen LogP contribution in [-0.4, -0.2) is 11.1 Å². The molecular weight excluding hydrogens is 314 g/mol. The van der Waals surface area contributed by atoms with E-state index in [0.717, 1.165) is 14.5 Å². The van der Waals surface area contributed by atoms with Crippen LogP contribution >= 0.6 is 31.9 Å². The molecule has 0 aliphatic heterocycles. The van der Waals surface area contributed by atoms with Crippen LogP contribution in [0.1, 0.15) is 18.0 Å². The number of carboxylic acid groups (broad SMARTS) is 1. The van der Waals surface area contributed by atoms with E-state index in [1.165, 1.54) is 0 Å². The van der Waals surface area contributed by atoms with E-state index in [9.17, 15) is 4.79 Å². The molecule has 0 amide bonds. The molecule has 0 aliphatic rings. The van der Waals surface area contributed by atoms with Crippen molar-refractivity contribution in [2.75, 3.05) is 0 Å². The van der Waals surface area contributed by atoms with Crippen LogP contribution in [0.5, 0.6) is 0 Å². The van der Waals surface area contributed by atoms with Gasteiger partial charge in [-0.2, -0.15) is 0 Å². The maximum absolute atomic E-state index is 10.5. The third-order valence-corrected chi connectivity index (χ3v) is 3.85. The van der Waals surface area contributed by atoms with Crippen molar-refractivity contribution < 1.29 is 9.90 Å². The predicted octanol–water partition coefficient (Wildman–Crippen LogP) is 2.69. The zero-order valence-corrected chi connectivity index (χ0v) is 10.4. The van der Waals surface area contributed by atoms with Gasteiger partial charge in [-0.05, 0) is 43.5 Å². The Morgan fingerprint density at radius 3 is 2.71 bits per heavy atom. The molecule has 0 spiro atoms. The molecule has 0 heterocycles. The van der Waals surface area contributed by atoms with E-state index in [1.54, 1.807) is 0 Å². The first-order chi connectivity index (χ1) is 6.52. The molecule has 76 valence electrons. The van der Waals surface area contributed by atoms with Crippen LogP contribution in [0.15, 0.2) is 27.1 Å². The third-order valence-electron chi connectivity index (χ3n) is 1.78. The number of rotatable bonds is 3. The van der Waals surface area contributed by atoms with Gasteiger partial charge in [-0.15, -0.1) is 0 Å². The molecule has 1 aromatic rings. The van der Waals surface area contributed by atoms with Crippen molar-refractivity contribution in [1.29, 1.82) is 0 Å². The first-order valence-corrected chi connectivity index (χ1v) is 5.52. The molecule has 0 saturated carbocycles. The highest BCUT2D eigenvalue weighted by Gasteiger charge is 2.14. The molecule has 1 rings (SSSR count). The normalized spacial score (nSPS) is 12.5. The summed E-state index contributed by atoms with van der Waals surface area (Å²) in [6.45, 7) is 0. The Labute approximate surface area is 98.6 Å². The molecule has 3 nitrogen and oxygen atoms in total. The maximum atomic E-state index is 10.5. The van der Waals surface area contributed by atoms with Gasteiger partial charge in [-0.3, -0.25) is 4.79 Å². The number of nitrogens with two attached hydrogens (primary N) is 1. The van der Waals surface area contributed by atoms with E-state index >= 15 is 0 Å². The van der Waals surface area contributed by atoms with Crippen LogP contribution in [0.3, 0.4) is 0 Å². The van der Waals surface area contributed by atoms with Gasteiger partial charge in [-0.1, -0.05) is 12.1 Å². The number of carboxylic acids is 1. The summed E-state index contributed by atoms with van der Waals surface area (Å²) in [5.41, 5.74) is 6.53. The summed E-state index contributed by atoms with van der Waals surface area (Å²) in [5, 5.41) is 8.60. The van der Waals surface area contributed by atoms with E-state index in [4.69, 9.17) is 10.8 Å². The van der Waals surface area contributed by atoms with Crippen molar-refractivity contribution in [3.8, 4) is 0 Å². The zero-order chi connectivity index (χ0) is 10.7. The molecule has 1 atom stereocenters. The van der Waals surface area contributed by atoms with Crippen LogP contribution in [0.25, 0.3) is 0 Å². The number of carbonyl (C=O) groups is 1. The third kappa shape index (κ3) is 2.80. The zero-order valence-electron chi connectivity index (χ0n) is 7.21. The smallest absolute Gasteiger partial charge is 0.305 e. The van der Waals surface area contributed by atoms with Crippen LogP contribution < -0.4 is 5.73 Å². The first-order valence-electron chi connectivity index (χ1n) is 3.93. The fourth-order valence-corrected chi connectivity index (χ4v) is 2.04. The lowest BCUT2D eigenvalue weighted by Crippen LogP contribution is -2.15. The van der Waals surface area contributed by atoms with E-state index in [-0.39, 0.29) is 6.42 Å². The standard InChI is InChI=1S/C9H9Br2NO2/c10-6-3-1-2-5(9(6)11)7(12)4-8(13)14/h1-3,7H,4,12H2,(H,13,14)/t7-/m1/s1. The molecule has 0 radical (unpaired) electrons. The molecule has 14 heavy (non-hydrogen) atoms. The SMILES string of the molecule is N[C@H](CC(=O)O)c1cccc(Br)c1Br. The number of hydrogen-bond donors (Lipinski definition) is 2. The maximum Gasteiger partial charge on any atom is 0.305 e. The quantitative estimate of drug-likeness (QED) is 0.899. The summed E-state index contributed by atoms with van der Waals surface area (Å²) < 4.78 is 1.68. The van der Waals surface area contributed by atoms with Gasteiger partial charge in [0.15, 0.2) is 0 Å². The molecule has 5 heteroatoms. The molecule has 0 aromatic heterocycles. The van der Waals surface area contributed by atoms with Crippen molar-refractivity contribution in [3.63, 3.8) is 0 Å². The van der Waals surface area contributed by atoms with E-state index in [2.05, 4.69) is 31.9 Å². The number of hydrogen-bond acceptors (Lipinski definition) is 2. The Balaban J connectivity index is 2.95. The Morgan fingerprint density at radius 1 is 1.50 bits per heavy atom. The van der Waals surface area contributed by atoms with Crippen LogP contribution in [0.2, 0.25) is 0 Å². The average molecular weight is 323 g/mol. The van der Waals surface area contributed by atoms with Crippen molar-refractivity contribution in [1.82, 2.24) is 0 Å². The van der Waals surface area contributed by atoms with Gasteiger partial charge in [0.25, 0.3) is 0 Å². The highest BCUT2D eigenvalue weighted by atomic mass is 79.9. The van der Waals surface area contributed by atoms with Crippen molar-refractivity contribution in [2.24, 2.45) is 5.73 Å². The highest BCUT2D eigenvalue weighted by Crippen LogP contribution is 2.30. The largest absolute Gasteiger partial charge is 0.481 e. The first kappa shape index (κ1) is 11.7. The lowest BCUT2D eigenvalue weighted by atomic mass is 10.1. The van der Waals surface area contributed by atoms with Crippen LogP contribution in [0.4, 0.5) is 0 Å². The molecule has 3 N–H and O–H groups in total. The highest BCUT2D eigenvalue weighted by molar-refractivity contribution is 9.13. The average Bonchev–Trinajstić information content (AvgIpc) is 2.08. The molecule has 1 aromatic carbocycles. The van der Waals surface area contributed by atoms with E-state index in [1.807, 2.05) is 18.2 Å². The number of halogens is 2. The summed E-state index contributed by atoms with van der Waals surface area (Å²) in [6.07, 6.45) is -0.0744. The number of aliphatic carboxylic acids is 1. The number of benzene rings is 1. The monoisotopic (exact) mass is 321 g/mol. The Morgan fingerprint density at radius 2 is 2.14 bits per heavy atom. The fourth-order valence-electron chi connectivity index (χ4n) is 1.10. The summed E-state index contributed by atoms with van der Waals surface area (Å²) in [7, 11) is 0. The van der Waals surface area contributed by atoms with Crippen molar-refractivity contribution in [3.05, 3.63) is 32.7 Å². The van der Waals surface area contributed by atoms with E-state index in [0.29, 0.717) is 0 Å². The lowest BCUT2D eigenvalue weighted by Gasteiger charge is -2.12. The topological polar surface area (TPSA) is 63.3 Å². The molecule has 0 saturated heterocycles. The van der Waals surface area contributed by atoms with Crippen LogP contribution in [0, 0.1) is 0 Å². The second kappa shape index (κ2) is 4.91. The molecule has 0 bridgehead atoms. The fraction of sp³-hybridized carbons (Fsp3) is 0.222. The van der Waals surface area contributed by atoms with Crippen molar-refractivity contribution in [2.45, 2.75) is 12.5 Å². The minimum absolute atomic E-state index is 0.0744. The van der Waals surface area contributed by atoms with Gasteiger partial charge >= 0.3 is 5.97 Å². The second-order valence-electron chi connectivity index (χ2n) is 2.85. The van der Waals surface area contributed by atoms with Gasteiger partial charge in [0.05, 0.1) is 6.42 Å². The summed E-state index contributed by atoms with van der Waals surface area (Å²) in [5.74, 6) is -0.899. The molecule has 0 aliphatic carbocycles. The minimum atomic E-state index is -0.899. The minimum Gasteiger partial charge on any atom is -0.481 e. The van der Waals surface area contributed by atoms with Crippen molar-refractivity contribution >= 4 is 37.8 Å². The van der Waals surface area contributed by atoms with Gasteiger partial charge in [-0.25, -0.2) is 0 Å². The summed E-state index contributed by atoms with van der Waals surface area (Å²) in [4.78, 5) is 10.5. The van der Waals surface area contributed by atoms with Gasteiger partial charge in [0, 0.05) is 15.0 Å². The molecular formula is C9H9Br2NO2. The predicted molar refractivity (Wildman–Crippen MR) is 61.0 cm³/mol. The molecule has 0 fully saturated rings. The van der Waals surface area contributed by atoms with Gasteiger partial charge in [0.2, 0.25) is 0 Å². The van der Waals surface area contributed by atoms with Gasteiger partial charge < -0.3 is 10.8 Å². The Bertz CT molecular complexity index is 355. The van der Waals surface area contributed by atoms with Gasteiger partial charge in [0.1, 0.15) is 0 Å². The molecule has 0 unspecified atom stereocenters. The Hall–Kier alpha value is -0.390. The van der Waals surface area contributed by atoms with E-state index < -0.39 is 12.0 Å². The summed E-state index contributed by atoms with van der Waals surface area (Å²) >= 11 is 6.68. The Kier molecular flexibility index (Phi) is 4.10.